The maximum Gasteiger partial charge on any atom is 0.489 e. The number of aliphatic hydroxyl groups is 1. The van der Waals surface area contributed by atoms with E-state index < -0.39 is 35.1 Å². The third-order valence-electron chi connectivity index (χ3n) is 2.05. The fraction of sp³-hybridized carbons (Fsp3) is 0.300. The first-order chi connectivity index (χ1) is 8.55. The molecule has 0 aliphatic heterocycles. The topological polar surface area (TPSA) is 40.5 Å². The molecule has 0 spiro atoms. The van der Waals surface area contributed by atoms with Crippen LogP contribution in [-0.4, -0.2) is 34.6 Å². The molecule has 0 fully saturated rings. The number of benzene rings is 1. The van der Waals surface area contributed by atoms with Crippen molar-refractivity contribution >= 4 is 5.91 Å². The SMILES string of the molecule is O=C(c1ccccc1)N(C(O)C(F)(F)F)C(F)(F)F. The van der Waals surface area contributed by atoms with E-state index in [1.807, 2.05) is 0 Å². The van der Waals surface area contributed by atoms with E-state index in [0.717, 1.165) is 12.1 Å². The van der Waals surface area contributed by atoms with Gasteiger partial charge in [-0.05, 0) is 12.1 Å². The van der Waals surface area contributed by atoms with Gasteiger partial charge in [-0.3, -0.25) is 4.79 Å². The van der Waals surface area contributed by atoms with E-state index in [1.54, 1.807) is 0 Å². The lowest BCUT2D eigenvalue weighted by molar-refractivity contribution is -0.322. The molecule has 0 aromatic heterocycles. The molecule has 1 rings (SSSR count). The summed E-state index contributed by atoms with van der Waals surface area (Å²) < 4.78 is 73.9. The highest BCUT2D eigenvalue weighted by atomic mass is 19.4. The number of aliphatic hydroxyl groups excluding tert-OH is 1. The van der Waals surface area contributed by atoms with Gasteiger partial charge in [0.15, 0.2) is 0 Å². The molecule has 0 radical (unpaired) electrons. The summed E-state index contributed by atoms with van der Waals surface area (Å²) in [5, 5.41) is 8.67. The first-order valence-electron chi connectivity index (χ1n) is 4.75. The van der Waals surface area contributed by atoms with E-state index in [4.69, 9.17) is 5.11 Å². The molecule has 0 aliphatic rings. The van der Waals surface area contributed by atoms with E-state index in [-0.39, 0.29) is 0 Å². The number of carbonyl (C=O) groups is 1. The maximum atomic E-state index is 12.5. The Bertz CT molecular complexity index is 442. The van der Waals surface area contributed by atoms with Gasteiger partial charge in [0.05, 0.1) is 0 Å². The molecule has 1 aromatic rings. The molecule has 1 atom stereocenters. The van der Waals surface area contributed by atoms with Crippen LogP contribution in [-0.2, 0) is 0 Å². The van der Waals surface area contributed by atoms with E-state index in [2.05, 4.69) is 0 Å². The number of halogens is 6. The molecule has 0 heterocycles. The van der Waals surface area contributed by atoms with Crippen LogP contribution in [0.5, 0.6) is 0 Å². The summed E-state index contributed by atoms with van der Waals surface area (Å²) in [6.07, 6.45) is -15.2. The Kier molecular flexibility index (Phi) is 4.09. The number of hydrogen-bond donors (Lipinski definition) is 1. The lowest BCUT2D eigenvalue weighted by Gasteiger charge is -2.30. The molecular weight excluding hydrogens is 280 g/mol. The summed E-state index contributed by atoms with van der Waals surface area (Å²) in [7, 11) is 0. The van der Waals surface area contributed by atoms with Gasteiger partial charge in [0.1, 0.15) is 0 Å². The van der Waals surface area contributed by atoms with E-state index >= 15 is 0 Å². The normalized spacial score (nSPS) is 14.1. The van der Waals surface area contributed by atoms with Crippen LogP contribution in [0.25, 0.3) is 0 Å². The fourth-order valence-electron chi connectivity index (χ4n) is 1.23. The third-order valence-corrected chi connectivity index (χ3v) is 2.05. The largest absolute Gasteiger partial charge is 0.489 e. The number of rotatable bonds is 2. The Morgan fingerprint density at radius 2 is 1.53 bits per heavy atom. The van der Waals surface area contributed by atoms with Crippen molar-refractivity contribution in [3.05, 3.63) is 35.9 Å². The van der Waals surface area contributed by atoms with Gasteiger partial charge in [0.2, 0.25) is 6.23 Å². The first kappa shape index (κ1) is 15.3. The second kappa shape index (κ2) is 5.08. The summed E-state index contributed by atoms with van der Waals surface area (Å²) in [5.41, 5.74) is -0.622. The summed E-state index contributed by atoms with van der Waals surface area (Å²) in [5.74, 6) is -1.99. The molecular formula is C10H7F6NO2. The predicted molar refractivity (Wildman–Crippen MR) is 50.7 cm³/mol. The van der Waals surface area contributed by atoms with Crippen LogP contribution in [0.15, 0.2) is 30.3 Å². The Morgan fingerprint density at radius 3 is 1.89 bits per heavy atom. The van der Waals surface area contributed by atoms with Gasteiger partial charge in [0.25, 0.3) is 5.91 Å². The predicted octanol–water partition coefficient (Wildman–Crippen LogP) is 2.53. The van der Waals surface area contributed by atoms with Crippen LogP contribution in [0.1, 0.15) is 10.4 Å². The number of carbonyl (C=O) groups excluding carboxylic acids is 1. The smallest absolute Gasteiger partial charge is 0.366 e. The molecule has 19 heavy (non-hydrogen) atoms. The summed E-state index contributed by atoms with van der Waals surface area (Å²) >= 11 is 0. The molecule has 1 aromatic carbocycles. The van der Waals surface area contributed by atoms with Gasteiger partial charge in [0, 0.05) is 5.56 Å². The molecule has 1 N–H and O–H groups in total. The van der Waals surface area contributed by atoms with Gasteiger partial charge in [-0.15, -0.1) is 13.2 Å². The van der Waals surface area contributed by atoms with Crippen LogP contribution in [0, 0.1) is 0 Å². The fourth-order valence-corrected chi connectivity index (χ4v) is 1.23. The van der Waals surface area contributed by atoms with E-state index in [0.29, 0.717) is 0 Å². The molecule has 9 heteroatoms. The Morgan fingerprint density at radius 1 is 1.05 bits per heavy atom. The van der Waals surface area contributed by atoms with Gasteiger partial charge < -0.3 is 5.11 Å². The van der Waals surface area contributed by atoms with Crippen molar-refractivity contribution in [3.63, 3.8) is 0 Å². The third kappa shape index (κ3) is 3.60. The van der Waals surface area contributed by atoms with Gasteiger partial charge in [-0.2, -0.15) is 13.2 Å². The van der Waals surface area contributed by atoms with E-state index in [9.17, 15) is 31.1 Å². The second-order valence-corrected chi connectivity index (χ2v) is 3.42. The Hall–Kier alpha value is -1.77. The minimum atomic E-state index is -5.66. The zero-order valence-corrected chi connectivity index (χ0v) is 9.03. The van der Waals surface area contributed by atoms with Crippen molar-refractivity contribution in [3.8, 4) is 0 Å². The van der Waals surface area contributed by atoms with Crippen molar-refractivity contribution in [2.24, 2.45) is 0 Å². The summed E-state index contributed by atoms with van der Waals surface area (Å²) in [4.78, 5) is 9.86. The van der Waals surface area contributed by atoms with Crippen molar-refractivity contribution in [2.45, 2.75) is 18.7 Å². The van der Waals surface area contributed by atoms with Gasteiger partial charge in [-0.25, -0.2) is 4.90 Å². The minimum absolute atomic E-state index is 0.622. The Labute approximate surface area is 103 Å². The number of nitrogens with zero attached hydrogens (tertiary/aromatic N) is 1. The van der Waals surface area contributed by atoms with Crippen LogP contribution in [0.4, 0.5) is 26.3 Å². The lowest BCUT2D eigenvalue weighted by Crippen LogP contribution is -2.55. The zero-order chi connectivity index (χ0) is 14.8. The highest BCUT2D eigenvalue weighted by molar-refractivity contribution is 5.94. The van der Waals surface area contributed by atoms with Crippen molar-refractivity contribution < 1.29 is 36.2 Å². The molecule has 1 amide bonds. The molecule has 0 saturated heterocycles. The van der Waals surface area contributed by atoms with Gasteiger partial charge in [-0.1, -0.05) is 18.2 Å². The van der Waals surface area contributed by atoms with Gasteiger partial charge >= 0.3 is 12.5 Å². The van der Waals surface area contributed by atoms with Crippen molar-refractivity contribution in [1.29, 1.82) is 0 Å². The summed E-state index contributed by atoms with van der Waals surface area (Å²) in [6, 6.07) is 5.55. The standard InChI is InChI=1S/C10H7F6NO2/c11-9(12,13)8(19)17(10(14,15)16)7(18)6-4-2-1-3-5-6/h1-5,8,19H. The van der Waals surface area contributed by atoms with Crippen LogP contribution >= 0.6 is 0 Å². The molecule has 3 nitrogen and oxygen atoms in total. The summed E-state index contributed by atoms with van der Waals surface area (Å²) in [6.45, 7) is 0. The zero-order valence-electron chi connectivity index (χ0n) is 9.03. The molecule has 1 unspecified atom stereocenters. The molecule has 0 saturated carbocycles. The average molecular weight is 287 g/mol. The van der Waals surface area contributed by atoms with Crippen molar-refractivity contribution in [1.82, 2.24) is 4.90 Å². The molecule has 0 bridgehead atoms. The van der Waals surface area contributed by atoms with Crippen LogP contribution < -0.4 is 0 Å². The highest BCUT2D eigenvalue weighted by Gasteiger charge is 2.55. The van der Waals surface area contributed by atoms with Crippen molar-refractivity contribution in [2.75, 3.05) is 0 Å². The maximum absolute atomic E-state index is 12.5. The monoisotopic (exact) mass is 287 g/mol. The quantitative estimate of drug-likeness (QED) is 0.516. The number of amides is 1. The first-order valence-corrected chi connectivity index (χ1v) is 4.75. The van der Waals surface area contributed by atoms with E-state index in [1.165, 1.54) is 18.2 Å². The van der Waals surface area contributed by atoms with Crippen LogP contribution in [0.2, 0.25) is 0 Å². The second-order valence-electron chi connectivity index (χ2n) is 3.42. The lowest BCUT2D eigenvalue weighted by atomic mass is 10.2. The minimum Gasteiger partial charge on any atom is -0.366 e. The number of hydrogen-bond acceptors (Lipinski definition) is 2. The average Bonchev–Trinajstić information content (AvgIpc) is 2.27. The molecule has 106 valence electrons. The highest BCUT2D eigenvalue weighted by Crippen LogP contribution is 2.32. The van der Waals surface area contributed by atoms with Crippen LogP contribution in [0.3, 0.4) is 0 Å². The number of alkyl halides is 6. The Balaban J connectivity index is 3.17. The molecule has 0 aliphatic carbocycles.